The number of carbonyl (C=O) groups is 2. The van der Waals surface area contributed by atoms with Crippen molar-refractivity contribution >= 4 is 35.1 Å². The quantitative estimate of drug-likeness (QED) is 0.684. The molecular weight excluding hydrogens is 413 g/mol. The van der Waals surface area contributed by atoms with E-state index in [1.165, 1.54) is 0 Å². The molecule has 5 nitrogen and oxygen atoms in total. The van der Waals surface area contributed by atoms with Crippen molar-refractivity contribution < 1.29 is 19.1 Å². The van der Waals surface area contributed by atoms with Gasteiger partial charge in [-0.1, -0.05) is 47.5 Å². The van der Waals surface area contributed by atoms with Crippen LogP contribution in [0.3, 0.4) is 0 Å². The number of halogens is 2. The summed E-state index contributed by atoms with van der Waals surface area (Å²) < 4.78 is 11.5. The molecule has 7 heteroatoms. The van der Waals surface area contributed by atoms with Crippen LogP contribution in [0.2, 0.25) is 10.0 Å². The first-order chi connectivity index (χ1) is 13.6. The maximum atomic E-state index is 12.7. The summed E-state index contributed by atoms with van der Waals surface area (Å²) >= 11 is 12.2. The predicted octanol–water partition coefficient (Wildman–Crippen LogP) is 5.02. The molecule has 2 aromatic rings. The Hall–Kier alpha value is -2.08. The number of rotatable bonds is 4. The normalized spacial score (nSPS) is 22.1. The van der Waals surface area contributed by atoms with Crippen LogP contribution in [0.5, 0.6) is 0 Å². The number of hydrogen-bond acceptors (Lipinski definition) is 4. The van der Waals surface area contributed by atoms with E-state index in [-0.39, 0.29) is 12.3 Å². The number of morpholine rings is 1. The Balaban J connectivity index is 1.88. The fourth-order valence-electron chi connectivity index (χ4n) is 3.20. The highest BCUT2D eigenvalue weighted by molar-refractivity contribution is 6.30. The molecule has 0 spiro atoms. The lowest BCUT2D eigenvalue weighted by Crippen LogP contribution is -2.49. The third-order valence-electron chi connectivity index (χ3n) is 4.38. The van der Waals surface area contributed by atoms with Gasteiger partial charge in [0.15, 0.2) is 0 Å². The number of hydrogen-bond donors (Lipinski definition) is 1. The van der Waals surface area contributed by atoms with E-state index in [2.05, 4.69) is 5.32 Å². The zero-order valence-corrected chi connectivity index (χ0v) is 18.0. The average Bonchev–Trinajstić information content (AvgIpc) is 2.62. The van der Waals surface area contributed by atoms with Crippen LogP contribution in [-0.4, -0.2) is 23.6 Å². The fraction of sp³-hybridized carbons (Fsp3) is 0.364. The number of benzene rings is 2. The SMILES string of the molecule is CC(C)(C)OC(=O)C[C@H]1OC(c2cccc(Cl)c2)C(c2ccc(Cl)cc2)NC1=O. The van der Waals surface area contributed by atoms with E-state index >= 15 is 0 Å². The van der Waals surface area contributed by atoms with Crippen molar-refractivity contribution in [1.29, 1.82) is 0 Å². The van der Waals surface area contributed by atoms with Gasteiger partial charge >= 0.3 is 5.97 Å². The highest BCUT2D eigenvalue weighted by atomic mass is 35.5. The Morgan fingerprint density at radius 1 is 1.07 bits per heavy atom. The van der Waals surface area contributed by atoms with Crippen LogP contribution < -0.4 is 5.32 Å². The molecule has 1 fully saturated rings. The summed E-state index contributed by atoms with van der Waals surface area (Å²) in [5.74, 6) is -0.860. The second-order valence-corrected chi connectivity index (χ2v) is 8.80. The van der Waals surface area contributed by atoms with Crippen LogP contribution in [0.4, 0.5) is 0 Å². The molecule has 29 heavy (non-hydrogen) atoms. The van der Waals surface area contributed by atoms with Gasteiger partial charge in [0.2, 0.25) is 5.91 Å². The van der Waals surface area contributed by atoms with Gasteiger partial charge in [-0.05, 0) is 56.2 Å². The van der Waals surface area contributed by atoms with Gasteiger partial charge in [0.25, 0.3) is 0 Å². The molecule has 0 saturated carbocycles. The van der Waals surface area contributed by atoms with Crippen molar-refractivity contribution in [2.75, 3.05) is 0 Å². The van der Waals surface area contributed by atoms with E-state index in [0.717, 1.165) is 11.1 Å². The van der Waals surface area contributed by atoms with Gasteiger partial charge < -0.3 is 14.8 Å². The molecule has 1 aliphatic rings. The topological polar surface area (TPSA) is 64.6 Å². The maximum absolute atomic E-state index is 12.7. The molecule has 3 atom stereocenters. The van der Waals surface area contributed by atoms with Gasteiger partial charge in [-0.25, -0.2) is 0 Å². The van der Waals surface area contributed by atoms with E-state index in [4.69, 9.17) is 32.7 Å². The lowest BCUT2D eigenvalue weighted by molar-refractivity contribution is -0.168. The third kappa shape index (κ3) is 5.72. The minimum Gasteiger partial charge on any atom is -0.460 e. The van der Waals surface area contributed by atoms with Crippen molar-refractivity contribution in [2.24, 2.45) is 0 Å². The number of esters is 1. The fourth-order valence-corrected chi connectivity index (χ4v) is 3.52. The molecule has 1 heterocycles. The van der Waals surface area contributed by atoms with E-state index < -0.39 is 29.8 Å². The minimum absolute atomic E-state index is 0.173. The Morgan fingerprint density at radius 3 is 2.38 bits per heavy atom. The number of amides is 1. The van der Waals surface area contributed by atoms with Crippen molar-refractivity contribution in [3.8, 4) is 0 Å². The highest BCUT2D eigenvalue weighted by Crippen LogP contribution is 2.38. The second kappa shape index (κ2) is 8.74. The first kappa shape index (κ1) is 21.6. The van der Waals surface area contributed by atoms with Crippen LogP contribution in [0.25, 0.3) is 0 Å². The first-order valence-electron chi connectivity index (χ1n) is 9.31. The van der Waals surface area contributed by atoms with Gasteiger partial charge in [0, 0.05) is 10.0 Å². The smallest absolute Gasteiger partial charge is 0.309 e. The molecule has 1 aliphatic heterocycles. The first-order valence-corrected chi connectivity index (χ1v) is 10.1. The highest BCUT2D eigenvalue weighted by Gasteiger charge is 2.39. The molecule has 1 amide bonds. The van der Waals surface area contributed by atoms with Crippen molar-refractivity contribution in [3.05, 3.63) is 69.7 Å². The summed E-state index contributed by atoms with van der Waals surface area (Å²) in [5.41, 5.74) is 0.996. The zero-order chi connectivity index (χ0) is 21.2. The Labute approximate surface area is 180 Å². The van der Waals surface area contributed by atoms with E-state index in [0.29, 0.717) is 10.0 Å². The lowest BCUT2D eigenvalue weighted by Gasteiger charge is -2.37. The maximum Gasteiger partial charge on any atom is 0.309 e. The summed E-state index contributed by atoms with van der Waals surface area (Å²) in [4.78, 5) is 24.9. The predicted molar refractivity (Wildman–Crippen MR) is 112 cm³/mol. The summed E-state index contributed by atoms with van der Waals surface area (Å²) in [5, 5.41) is 4.13. The van der Waals surface area contributed by atoms with Crippen LogP contribution in [0.15, 0.2) is 48.5 Å². The monoisotopic (exact) mass is 435 g/mol. The Kier molecular flexibility index (Phi) is 6.52. The summed E-state index contributed by atoms with van der Waals surface area (Å²) in [6.07, 6.45) is -1.66. The Morgan fingerprint density at radius 2 is 1.76 bits per heavy atom. The standard InChI is InChI=1S/C22H23Cl2NO4/c1-22(2,3)29-18(26)12-17-21(27)25-19(13-7-9-15(23)10-8-13)20(28-17)14-5-4-6-16(24)11-14/h4-11,17,19-20H,12H2,1-3H3,(H,25,27)/t17-,19?,20?/m1/s1. The second-order valence-electron chi connectivity index (χ2n) is 7.93. The molecule has 2 aromatic carbocycles. The van der Waals surface area contributed by atoms with Crippen LogP contribution >= 0.6 is 23.2 Å². The van der Waals surface area contributed by atoms with Crippen molar-refractivity contribution in [1.82, 2.24) is 5.32 Å². The van der Waals surface area contributed by atoms with E-state index in [1.807, 2.05) is 24.3 Å². The molecule has 154 valence electrons. The minimum atomic E-state index is -0.961. The van der Waals surface area contributed by atoms with Gasteiger partial charge in [-0.2, -0.15) is 0 Å². The Bertz CT molecular complexity index is 892. The van der Waals surface area contributed by atoms with Crippen molar-refractivity contribution in [3.63, 3.8) is 0 Å². The van der Waals surface area contributed by atoms with Crippen LogP contribution in [-0.2, 0) is 19.1 Å². The van der Waals surface area contributed by atoms with Crippen molar-refractivity contribution in [2.45, 2.75) is 51.0 Å². The summed E-state index contributed by atoms with van der Waals surface area (Å²) in [6.45, 7) is 5.33. The van der Waals surface area contributed by atoms with Gasteiger partial charge in [0.05, 0.1) is 12.5 Å². The molecule has 2 unspecified atom stereocenters. The number of nitrogens with one attached hydrogen (secondary N) is 1. The lowest BCUT2D eigenvalue weighted by atomic mass is 9.93. The zero-order valence-electron chi connectivity index (χ0n) is 16.4. The van der Waals surface area contributed by atoms with E-state index in [9.17, 15) is 9.59 Å². The molecule has 3 rings (SSSR count). The molecule has 0 bridgehead atoms. The van der Waals surface area contributed by atoms with Gasteiger partial charge in [0.1, 0.15) is 17.8 Å². The van der Waals surface area contributed by atoms with Gasteiger partial charge in [-0.15, -0.1) is 0 Å². The van der Waals surface area contributed by atoms with E-state index in [1.54, 1.807) is 45.0 Å². The average molecular weight is 436 g/mol. The van der Waals surface area contributed by atoms with Gasteiger partial charge in [-0.3, -0.25) is 9.59 Å². The van der Waals surface area contributed by atoms with Crippen LogP contribution in [0, 0.1) is 0 Å². The van der Waals surface area contributed by atoms with Crippen LogP contribution in [0.1, 0.15) is 50.5 Å². The molecule has 0 aliphatic carbocycles. The summed E-state index contributed by atoms with van der Waals surface area (Å²) in [6, 6.07) is 14.0. The number of ether oxygens (including phenoxy) is 2. The molecule has 1 N–H and O–H groups in total. The molecule has 0 aromatic heterocycles. The largest absolute Gasteiger partial charge is 0.460 e. The molecular formula is C22H23Cl2NO4. The molecule has 1 saturated heterocycles. The molecule has 0 radical (unpaired) electrons. The summed E-state index contributed by atoms with van der Waals surface area (Å²) in [7, 11) is 0. The third-order valence-corrected chi connectivity index (χ3v) is 4.87. The number of carbonyl (C=O) groups excluding carboxylic acids is 2.